The van der Waals surface area contributed by atoms with Crippen molar-refractivity contribution in [1.82, 2.24) is 19.9 Å². The van der Waals surface area contributed by atoms with Gasteiger partial charge in [-0.05, 0) is 26.2 Å². The van der Waals surface area contributed by atoms with E-state index in [2.05, 4.69) is 19.9 Å². The van der Waals surface area contributed by atoms with E-state index in [9.17, 15) is 9.90 Å². The monoisotopic (exact) mass is 261 g/mol. The number of imidazole rings is 1. The van der Waals surface area contributed by atoms with Gasteiger partial charge in [0, 0.05) is 6.54 Å². The Labute approximate surface area is 109 Å². The number of carboxylic acids is 1. The van der Waals surface area contributed by atoms with Crippen LogP contribution < -0.4 is 4.90 Å². The molecule has 3 rings (SSSR count). The summed E-state index contributed by atoms with van der Waals surface area (Å²) in [6.45, 7) is 2.42. The van der Waals surface area contributed by atoms with E-state index < -0.39 is 11.5 Å². The summed E-state index contributed by atoms with van der Waals surface area (Å²) in [5.74, 6) is -0.203. The molecule has 0 radical (unpaired) electrons. The van der Waals surface area contributed by atoms with Gasteiger partial charge in [0.2, 0.25) is 0 Å². The number of hydrogen-bond acceptors (Lipinski definition) is 5. The Hall–Kier alpha value is -2.18. The lowest BCUT2D eigenvalue weighted by Gasteiger charge is -2.42. The van der Waals surface area contributed by atoms with E-state index in [4.69, 9.17) is 0 Å². The third kappa shape index (κ3) is 1.73. The molecule has 1 atom stereocenters. The zero-order chi connectivity index (χ0) is 13.5. The van der Waals surface area contributed by atoms with Crippen LogP contribution >= 0.6 is 0 Å². The van der Waals surface area contributed by atoms with Crippen molar-refractivity contribution in [3.8, 4) is 0 Å². The fourth-order valence-corrected chi connectivity index (χ4v) is 2.64. The lowest BCUT2D eigenvalue weighted by Crippen LogP contribution is -2.55. The first-order chi connectivity index (χ1) is 9.13. The topological polar surface area (TPSA) is 95.0 Å². The average molecular weight is 261 g/mol. The molecule has 0 aliphatic carbocycles. The van der Waals surface area contributed by atoms with Crippen molar-refractivity contribution in [2.45, 2.75) is 31.7 Å². The average Bonchev–Trinajstić information content (AvgIpc) is 2.87. The van der Waals surface area contributed by atoms with Gasteiger partial charge in [0.1, 0.15) is 17.4 Å². The highest BCUT2D eigenvalue weighted by Gasteiger charge is 2.42. The lowest BCUT2D eigenvalue weighted by molar-refractivity contribution is -0.143. The zero-order valence-corrected chi connectivity index (χ0v) is 10.6. The summed E-state index contributed by atoms with van der Waals surface area (Å²) < 4.78 is 0. The van der Waals surface area contributed by atoms with Crippen LogP contribution in [0.4, 0.5) is 5.82 Å². The van der Waals surface area contributed by atoms with Crippen molar-refractivity contribution in [2.24, 2.45) is 0 Å². The summed E-state index contributed by atoms with van der Waals surface area (Å²) in [4.78, 5) is 28.9. The highest BCUT2D eigenvalue weighted by molar-refractivity contribution is 5.89. The van der Waals surface area contributed by atoms with Gasteiger partial charge in [-0.2, -0.15) is 0 Å². The van der Waals surface area contributed by atoms with E-state index in [1.54, 1.807) is 13.3 Å². The number of aromatic amines is 1. The van der Waals surface area contributed by atoms with Crippen LogP contribution in [-0.2, 0) is 4.79 Å². The second-order valence-corrected chi connectivity index (χ2v) is 4.99. The van der Waals surface area contributed by atoms with Crippen LogP contribution in [0.1, 0.15) is 26.2 Å². The fourth-order valence-electron chi connectivity index (χ4n) is 2.64. The molecule has 0 amide bonds. The van der Waals surface area contributed by atoms with Crippen molar-refractivity contribution < 1.29 is 9.90 Å². The predicted octanol–water partition coefficient (Wildman–Crippen LogP) is 1.19. The Balaban J connectivity index is 2.13. The quantitative estimate of drug-likeness (QED) is 0.843. The second-order valence-electron chi connectivity index (χ2n) is 4.99. The number of nitrogens with one attached hydrogen (secondary N) is 1. The summed E-state index contributed by atoms with van der Waals surface area (Å²) in [5.41, 5.74) is 0.324. The van der Waals surface area contributed by atoms with Crippen molar-refractivity contribution in [1.29, 1.82) is 0 Å². The molecular formula is C12H15N5O2. The smallest absolute Gasteiger partial charge is 0.329 e. The number of carbonyl (C=O) groups is 1. The number of nitrogens with zero attached hydrogens (tertiary/aromatic N) is 4. The number of fused-ring (bicyclic) bond motifs is 1. The molecule has 1 saturated heterocycles. The first-order valence-corrected chi connectivity index (χ1v) is 6.28. The van der Waals surface area contributed by atoms with Crippen molar-refractivity contribution >= 4 is 23.0 Å². The van der Waals surface area contributed by atoms with Gasteiger partial charge in [0.25, 0.3) is 0 Å². The molecule has 7 nitrogen and oxygen atoms in total. The van der Waals surface area contributed by atoms with E-state index in [-0.39, 0.29) is 0 Å². The minimum atomic E-state index is -0.926. The first-order valence-electron chi connectivity index (χ1n) is 6.28. The SMILES string of the molecule is CC1(C(=O)O)CCCCN1c1ncnc2nc[nH]c12. The summed E-state index contributed by atoms with van der Waals surface area (Å²) >= 11 is 0. The second kappa shape index (κ2) is 4.18. The van der Waals surface area contributed by atoms with Crippen LogP contribution in [-0.4, -0.2) is 43.1 Å². The Morgan fingerprint density at radius 3 is 3.05 bits per heavy atom. The number of carboxylic acid groups (broad SMARTS) is 1. The minimum Gasteiger partial charge on any atom is -0.480 e. The molecule has 2 aromatic rings. The molecular weight excluding hydrogens is 246 g/mol. The molecule has 0 spiro atoms. The zero-order valence-electron chi connectivity index (χ0n) is 10.6. The molecule has 100 valence electrons. The molecule has 1 aliphatic rings. The van der Waals surface area contributed by atoms with E-state index in [0.29, 0.717) is 29.9 Å². The van der Waals surface area contributed by atoms with E-state index in [1.807, 2.05) is 4.90 Å². The molecule has 1 unspecified atom stereocenters. The Bertz CT molecular complexity index is 625. The van der Waals surface area contributed by atoms with E-state index >= 15 is 0 Å². The van der Waals surface area contributed by atoms with Crippen LogP contribution in [0.15, 0.2) is 12.7 Å². The third-order valence-corrected chi connectivity index (χ3v) is 3.81. The number of rotatable bonds is 2. The maximum absolute atomic E-state index is 11.6. The summed E-state index contributed by atoms with van der Waals surface area (Å²) in [7, 11) is 0. The molecule has 1 fully saturated rings. The highest BCUT2D eigenvalue weighted by atomic mass is 16.4. The molecule has 0 saturated carbocycles. The molecule has 0 bridgehead atoms. The van der Waals surface area contributed by atoms with Gasteiger partial charge in [-0.25, -0.2) is 19.7 Å². The van der Waals surface area contributed by atoms with Gasteiger partial charge in [-0.15, -0.1) is 0 Å². The molecule has 7 heteroatoms. The predicted molar refractivity (Wildman–Crippen MR) is 68.9 cm³/mol. The maximum Gasteiger partial charge on any atom is 0.329 e. The maximum atomic E-state index is 11.6. The Kier molecular flexibility index (Phi) is 2.62. The van der Waals surface area contributed by atoms with Crippen LogP contribution in [0, 0.1) is 0 Å². The van der Waals surface area contributed by atoms with E-state index in [0.717, 1.165) is 12.8 Å². The number of aromatic nitrogens is 4. The molecule has 2 aromatic heterocycles. The van der Waals surface area contributed by atoms with Crippen molar-refractivity contribution in [3.63, 3.8) is 0 Å². The van der Waals surface area contributed by atoms with Gasteiger partial charge < -0.3 is 15.0 Å². The van der Waals surface area contributed by atoms with Crippen LogP contribution in [0.2, 0.25) is 0 Å². The number of anilines is 1. The number of hydrogen-bond donors (Lipinski definition) is 2. The normalized spacial score (nSPS) is 23.7. The van der Waals surface area contributed by atoms with Crippen molar-refractivity contribution in [2.75, 3.05) is 11.4 Å². The van der Waals surface area contributed by atoms with Crippen LogP contribution in [0.5, 0.6) is 0 Å². The summed E-state index contributed by atoms with van der Waals surface area (Å²) in [6.07, 6.45) is 5.46. The lowest BCUT2D eigenvalue weighted by atomic mass is 9.88. The molecule has 0 aromatic carbocycles. The molecule has 2 N–H and O–H groups in total. The number of aliphatic carboxylic acids is 1. The molecule has 3 heterocycles. The van der Waals surface area contributed by atoms with Gasteiger partial charge in [0.15, 0.2) is 11.5 Å². The Morgan fingerprint density at radius 2 is 2.26 bits per heavy atom. The summed E-state index contributed by atoms with van der Waals surface area (Å²) in [6, 6.07) is 0. The molecule has 19 heavy (non-hydrogen) atoms. The fraction of sp³-hybridized carbons (Fsp3) is 0.500. The largest absolute Gasteiger partial charge is 0.480 e. The van der Waals surface area contributed by atoms with E-state index in [1.165, 1.54) is 6.33 Å². The van der Waals surface area contributed by atoms with Crippen LogP contribution in [0.25, 0.3) is 11.2 Å². The Morgan fingerprint density at radius 1 is 1.42 bits per heavy atom. The van der Waals surface area contributed by atoms with Gasteiger partial charge in [0.05, 0.1) is 6.33 Å². The van der Waals surface area contributed by atoms with Crippen LogP contribution in [0.3, 0.4) is 0 Å². The minimum absolute atomic E-state index is 0.559. The standard InChI is InChI=1S/C12H15N5O2/c1-12(11(18)19)4-2-3-5-17(12)10-8-9(14-6-13-8)15-7-16-10/h6-7H,2-5H2,1H3,(H,18,19)(H,13,14,15,16). The molecule has 1 aliphatic heterocycles. The summed E-state index contributed by atoms with van der Waals surface area (Å²) in [5, 5.41) is 9.54. The van der Waals surface area contributed by atoms with Gasteiger partial charge in [-0.1, -0.05) is 0 Å². The van der Waals surface area contributed by atoms with Crippen molar-refractivity contribution in [3.05, 3.63) is 12.7 Å². The number of H-pyrrole nitrogens is 1. The van der Waals surface area contributed by atoms with Gasteiger partial charge >= 0.3 is 5.97 Å². The number of piperidine rings is 1. The van der Waals surface area contributed by atoms with Gasteiger partial charge in [-0.3, -0.25) is 0 Å². The highest BCUT2D eigenvalue weighted by Crippen LogP contribution is 2.34. The first kappa shape index (κ1) is 11.9. The third-order valence-electron chi connectivity index (χ3n) is 3.81.